The normalized spacial score (nSPS) is 9.25. The molecule has 0 aliphatic heterocycles. The van der Waals surface area contributed by atoms with Crippen molar-refractivity contribution in [2.24, 2.45) is 11.7 Å². The Labute approximate surface area is 124 Å². The minimum absolute atomic E-state index is 0.0630. The van der Waals surface area contributed by atoms with Crippen molar-refractivity contribution in [3.8, 4) is 0 Å². The maximum atomic E-state index is 11.4. The van der Waals surface area contributed by atoms with Crippen LogP contribution in [0.25, 0.3) is 0 Å². The molecule has 0 aromatic carbocycles. The molecule has 20 heavy (non-hydrogen) atoms. The summed E-state index contributed by atoms with van der Waals surface area (Å²) in [6.45, 7) is 11.6. The number of Topliss-reactive ketones (excluding diaryl/α,β-unsaturated/α-hetero) is 1. The third kappa shape index (κ3) is 22.0. The first kappa shape index (κ1) is 27.2. The van der Waals surface area contributed by atoms with E-state index in [0.717, 1.165) is 6.29 Å². The highest BCUT2D eigenvalue weighted by molar-refractivity contribution is 5.80. The minimum Gasteiger partial charge on any atom is -0.345 e. The van der Waals surface area contributed by atoms with Gasteiger partial charge >= 0.3 is 0 Å². The first-order valence-corrected chi connectivity index (χ1v) is 7.23. The molecule has 1 atom stereocenters. The van der Waals surface area contributed by atoms with E-state index in [1.807, 2.05) is 27.7 Å². The Morgan fingerprint density at radius 1 is 1.15 bits per heavy atom. The minimum atomic E-state index is -0.248. The fraction of sp³-hybridized carbons (Fsp3) is 0.800. The highest BCUT2D eigenvalue weighted by atomic mass is 16.2. The molecule has 0 saturated carbocycles. The standard InChI is InChI=1S/C10H17NO3.2C2H6.CH5N/c1-8(7-12)6-10(14)11(3)5-4-9(2)13;3*1-2/h7-8H,4-6H2,1-3H3;2*1-2H3;2H2,1H3. The first-order chi connectivity index (χ1) is 9.47. The van der Waals surface area contributed by atoms with Crippen molar-refractivity contribution in [2.45, 2.75) is 54.4 Å². The molecule has 5 nitrogen and oxygen atoms in total. The fourth-order valence-electron chi connectivity index (χ4n) is 0.929. The average Bonchev–Trinajstić information content (AvgIpc) is 2.50. The Balaban J connectivity index is -0.000000187. The van der Waals surface area contributed by atoms with Crippen LogP contribution in [0, 0.1) is 5.92 Å². The second-order valence-corrected chi connectivity index (χ2v) is 3.58. The number of ketones is 1. The molecule has 0 radical (unpaired) electrons. The summed E-state index contributed by atoms with van der Waals surface area (Å²) in [5.74, 6) is -0.277. The first-order valence-electron chi connectivity index (χ1n) is 7.23. The molecule has 0 saturated heterocycles. The van der Waals surface area contributed by atoms with Crippen LogP contribution in [0.2, 0.25) is 0 Å². The highest BCUT2D eigenvalue weighted by Crippen LogP contribution is 2.01. The third-order valence-corrected chi connectivity index (χ3v) is 1.95. The van der Waals surface area contributed by atoms with Crippen LogP contribution in [0.3, 0.4) is 0 Å². The summed E-state index contributed by atoms with van der Waals surface area (Å²) in [5, 5.41) is 0. The van der Waals surface area contributed by atoms with Crippen LogP contribution >= 0.6 is 0 Å². The predicted molar refractivity (Wildman–Crippen MR) is 85.6 cm³/mol. The van der Waals surface area contributed by atoms with Gasteiger partial charge < -0.3 is 15.4 Å². The SMILES string of the molecule is CC.CC.CC(=O)CCN(C)C(=O)CC(C)C=O.CN. The van der Waals surface area contributed by atoms with Crippen molar-refractivity contribution >= 4 is 18.0 Å². The van der Waals surface area contributed by atoms with Gasteiger partial charge in [-0.25, -0.2) is 0 Å². The van der Waals surface area contributed by atoms with Crippen LogP contribution in [0.1, 0.15) is 54.4 Å². The largest absolute Gasteiger partial charge is 0.345 e. The lowest BCUT2D eigenvalue weighted by molar-refractivity contribution is -0.132. The summed E-state index contributed by atoms with van der Waals surface area (Å²) >= 11 is 0. The molecular formula is C15H34N2O3. The molecule has 0 heterocycles. The molecule has 0 fully saturated rings. The average molecular weight is 290 g/mol. The molecule has 0 bridgehead atoms. The van der Waals surface area contributed by atoms with Gasteiger partial charge in [0.05, 0.1) is 0 Å². The van der Waals surface area contributed by atoms with E-state index in [-0.39, 0.29) is 24.0 Å². The number of nitrogens with zero attached hydrogens (tertiary/aromatic N) is 1. The molecule has 0 aliphatic rings. The molecule has 5 heteroatoms. The second kappa shape index (κ2) is 22.9. The lowest BCUT2D eigenvalue weighted by atomic mass is 10.1. The molecule has 1 unspecified atom stereocenters. The number of aldehydes is 1. The summed E-state index contributed by atoms with van der Waals surface area (Å²) in [7, 11) is 3.14. The Morgan fingerprint density at radius 2 is 1.55 bits per heavy atom. The molecule has 0 aliphatic carbocycles. The van der Waals surface area contributed by atoms with Gasteiger partial charge in [0, 0.05) is 32.4 Å². The zero-order valence-electron chi connectivity index (χ0n) is 14.5. The van der Waals surface area contributed by atoms with E-state index in [0.29, 0.717) is 13.0 Å². The molecule has 0 aromatic rings. The topological polar surface area (TPSA) is 80.5 Å². The second-order valence-electron chi connectivity index (χ2n) is 3.58. The van der Waals surface area contributed by atoms with Crippen LogP contribution in [-0.2, 0) is 14.4 Å². The van der Waals surface area contributed by atoms with Crippen LogP contribution in [0.5, 0.6) is 0 Å². The van der Waals surface area contributed by atoms with Gasteiger partial charge in [0.15, 0.2) is 0 Å². The summed E-state index contributed by atoms with van der Waals surface area (Å²) in [4.78, 5) is 33.8. The van der Waals surface area contributed by atoms with Crippen LogP contribution in [0.15, 0.2) is 0 Å². The van der Waals surface area contributed by atoms with Gasteiger partial charge in [-0.15, -0.1) is 0 Å². The van der Waals surface area contributed by atoms with Crippen molar-refractivity contribution in [3.05, 3.63) is 0 Å². The maximum Gasteiger partial charge on any atom is 0.223 e. The van der Waals surface area contributed by atoms with E-state index in [2.05, 4.69) is 5.73 Å². The number of hydrogen-bond acceptors (Lipinski definition) is 4. The fourth-order valence-corrected chi connectivity index (χ4v) is 0.929. The van der Waals surface area contributed by atoms with Crippen molar-refractivity contribution in [1.82, 2.24) is 4.90 Å². The van der Waals surface area contributed by atoms with Crippen LogP contribution in [-0.4, -0.2) is 43.5 Å². The lowest BCUT2D eigenvalue weighted by Crippen LogP contribution is -2.30. The van der Waals surface area contributed by atoms with E-state index in [4.69, 9.17) is 0 Å². The summed E-state index contributed by atoms with van der Waals surface area (Å²) in [6, 6.07) is 0. The van der Waals surface area contributed by atoms with Crippen molar-refractivity contribution < 1.29 is 14.4 Å². The van der Waals surface area contributed by atoms with Crippen molar-refractivity contribution in [2.75, 3.05) is 20.6 Å². The zero-order chi connectivity index (χ0) is 17.1. The van der Waals surface area contributed by atoms with Crippen LogP contribution in [0.4, 0.5) is 0 Å². The molecule has 1 amide bonds. The number of rotatable bonds is 6. The van der Waals surface area contributed by atoms with Gasteiger partial charge in [0.2, 0.25) is 5.91 Å². The quantitative estimate of drug-likeness (QED) is 0.761. The van der Waals surface area contributed by atoms with Gasteiger partial charge in [0.25, 0.3) is 0 Å². The van der Waals surface area contributed by atoms with Crippen molar-refractivity contribution in [1.29, 1.82) is 0 Å². The van der Waals surface area contributed by atoms with Gasteiger partial charge in [-0.2, -0.15) is 0 Å². The van der Waals surface area contributed by atoms with Gasteiger partial charge in [0.1, 0.15) is 12.1 Å². The molecule has 0 spiro atoms. The monoisotopic (exact) mass is 290 g/mol. The Morgan fingerprint density at radius 3 is 1.85 bits per heavy atom. The van der Waals surface area contributed by atoms with Gasteiger partial charge in [-0.05, 0) is 14.0 Å². The number of hydrogen-bond donors (Lipinski definition) is 1. The predicted octanol–water partition coefficient (Wildman–Crippen LogP) is 2.28. The number of carbonyl (C=O) groups excluding carboxylic acids is 3. The maximum absolute atomic E-state index is 11.4. The van der Waals surface area contributed by atoms with E-state index in [9.17, 15) is 14.4 Å². The number of nitrogens with two attached hydrogens (primary N) is 1. The summed E-state index contributed by atoms with van der Waals surface area (Å²) in [6.07, 6.45) is 1.35. The Bertz CT molecular complexity index is 231. The van der Waals surface area contributed by atoms with E-state index in [1.165, 1.54) is 18.9 Å². The van der Waals surface area contributed by atoms with E-state index < -0.39 is 0 Å². The van der Waals surface area contributed by atoms with Crippen LogP contribution < -0.4 is 5.73 Å². The summed E-state index contributed by atoms with van der Waals surface area (Å²) < 4.78 is 0. The zero-order valence-corrected chi connectivity index (χ0v) is 14.5. The number of carbonyl (C=O) groups is 3. The smallest absolute Gasteiger partial charge is 0.223 e. The molecule has 122 valence electrons. The molecule has 0 rings (SSSR count). The Hall–Kier alpha value is -1.23. The van der Waals surface area contributed by atoms with Crippen molar-refractivity contribution in [3.63, 3.8) is 0 Å². The Kier molecular flexibility index (Phi) is 31.1. The molecular weight excluding hydrogens is 256 g/mol. The van der Waals surface area contributed by atoms with Gasteiger partial charge in [-0.1, -0.05) is 34.6 Å². The molecule has 2 N–H and O–H groups in total. The summed E-state index contributed by atoms with van der Waals surface area (Å²) in [5.41, 5.74) is 4.50. The van der Waals surface area contributed by atoms with Gasteiger partial charge in [-0.3, -0.25) is 9.59 Å². The highest BCUT2D eigenvalue weighted by Gasteiger charge is 2.12. The van der Waals surface area contributed by atoms with E-state index >= 15 is 0 Å². The third-order valence-electron chi connectivity index (χ3n) is 1.95. The van der Waals surface area contributed by atoms with E-state index in [1.54, 1.807) is 14.0 Å². The molecule has 0 aromatic heterocycles. The number of amides is 1. The lowest BCUT2D eigenvalue weighted by Gasteiger charge is -2.16.